The van der Waals surface area contributed by atoms with E-state index in [4.69, 9.17) is 5.73 Å². The summed E-state index contributed by atoms with van der Waals surface area (Å²) >= 11 is 0. The Labute approximate surface area is 134 Å². The van der Waals surface area contributed by atoms with Crippen molar-refractivity contribution in [1.29, 1.82) is 0 Å². The van der Waals surface area contributed by atoms with Crippen molar-refractivity contribution in [2.45, 2.75) is 70.9 Å². The summed E-state index contributed by atoms with van der Waals surface area (Å²) in [5.41, 5.74) is 8.66. The van der Waals surface area contributed by atoms with Gasteiger partial charge in [-0.15, -0.1) is 0 Å². The molecule has 0 aliphatic heterocycles. The Morgan fingerprint density at radius 1 is 1.27 bits per heavy atom. The molecule has 22 heavy (non-hydrogen) atoms. The highest BCUT2D eigenvalue weighted by Crippen LogP contribution is 2.27. The first kappa shape index (κ1) is 17.0. The first-order valence-corrected chi connectivity index (χ1v) is 8.43. The van der Waals surface area contributed by atoms with Crippen LogP contribution in [0, 0.1) is 5.92 Å². The maximum absolute atomic E-state index is 12.2. The molecule has 1 aliphatic carbocycles. The zero-order valence-corrected chi connectivity index (χ0v) is 14.4. The lowest BCUT2D eigenvalue weighted by Crippen LogP contribution is -2.32. The molecule has 1 saturated carbocycles. The lowest BCUT2D eigenvalue weighted by Gasteiger charge is -2.21. The fraction of sp³-hybridized carbons (Fsp3) is 0.632. The molecule has 0 saturated heterocycles. The van der Waals surface area contributed by atoms with E-state index in [1.165, 1.54) is 5.56 Å². The van der Waals surface area contributed by atoms with E-state index in [1.807, 2.05) is 6.92 Å². The normalized spacial score (nSPS) is 23.3. The van der Waals surface area contributed by atoms with E-state index in [9.17, 15) is 4.79 Å². The summed E-state index contributed by atoms with van der Waals surface area (Å²) in [5.74, 6) is 0.477. The topological polar surface area (TPSA) is 55.1 Å². The molecule has 0 spiro atoms. The quantitative estimate of drug-likeness (QED) is 0.891. The second-order valence-corrected chi connectivity index (χ2v) is 7.72. The number of hydrogen-bond acceptors (Lipinski definition) is 2. The highest BCUT2D eigenvalue weighted by Gasteiger charge is 2.26. The molecular weight excluding hydrogens is 272 g/mol. The van der Waals surface area contributed by atoms with Crippen LogP contribution in [0.25, 0.3) is 0 Å². The van der Waals surface area contributed by atoms with Gasteiger partial charge in [0, 0.05) is 12.5 Å². The van der Waals surface area contributed by atoms with Gasteiger partial charge in [0.2, 0.25) is 5.91 Å². The molecule has 3 heteroatoms. The van der Waals surface area contributed by atoms with Crippen molar-refractivity contribution in [2.24, 2.45) is 11.7 Å². The smallest absolute Gasteiger partial charge is 0.220 e. The molecule has 1 aromatic carbocycles. The Bertz CT molecular complexity index is 501. The molecule has 0 heterocycles. The van der Waals surface area contributed by atoms with Gasteiger partial charge in [0.25, 0.3) is 0 Å². The number of carbonyl (C=O) groups excluding carboxylic acids is 1. The van der Waals surface area contributed by atoms with Crippen molar-refractivity contribution in [1.82, 2.24) is 5.32 Å². The third-order valence-electron chi connectivity index (χ3n) is 4.82. The van der Waals surface area contributed by atoms with E-state index in [2.05, 4.69) is 50.4 Å². The standard InChI is InChI=1S/C19H30N2O/c1-13(14-8-10-16(11-9-14)19(2,3)4)21-18(22)12-15-6-5-7-17(15)20/h8-11,13,15,17H,5-7,12,20H2,1-4H3,(H,21,22)/t13?,15-,17+/m0/s1. The first-order valence-electron chi connectivity index (χ1n) is 8.43. The van der Waals surface area contributed by atoms with Gasteiger partial charge in [0.05, 0.1) is 6.04 Å². The minimum atomic E-state index is 0.0409. The lowest BCUT2D eigenvalue weighted by atomic mass is 9.86. The molecule has 122 valence electrons. The molecule has 1 aliphatic rings. The summed E-state index contributed by atoms with van der Waals surface area (Å²) in [7, 11) is 0. The summed E-state index contributed by atoms with van der Waals surface area (Å²) in [6.45, 7) is 8.66. The van der Waals surface area contributed by atoms with Crippen LogP contribution >= 0.6 is 0 Å². The summed E-state index contributed by atoms with van der Waals surface area (Å²) in [5, 5.41) is 3.11. The van der Waals surface area contributed by atoms with Crippen LogP contribution in [-0.2, 0) is 10.2 Å². The van der Waals surface area contributed by atoms with Crippen molar-refractivity contribution in [3.63, 3.8) is 0 Å². The monoisotopic (exact) mass is 302 g/mol. The van der Waals surface area contributed by atoms with Crippen LogP contribution in [0.2, 0.25) is 0 Å². The van der Waals surface area contributed by atoms with E-state index in [0.717, 1.165) is 24.8 Å². The van der Waals surface area contributed by atoms with Gasteiger partial charge in [-0.25, -0.2) is 0 Å². The number of benzene rings is 1. The van der Waals surface area contributed by atoms with Crippen molar-refractivity contribution in [3.8, 4) is 0 Å². The molecule has 0 bridgehead atoms. The highest BCUT2D eigenvalue weighted by molar-refractivity contribution is 5.76. The van der Waals surface area contributed by atoms with Crippen molar-refractivity contribution in [3.05, 3.63) is 35.4 Å². The second kappa shape index (κ2) is 6.82. The third-order valence-corrected chi connectivity index (χ3v) is 4.82. The van der Waals surface area contributed by atoms with E-state index in [1.54, 1.807) is 0 Å². The summed E-state index contributed by atoms with van der Waals surface area (Å²) < 4.78 is 0. The van der Waals surface area contributed by atoms with Crippen molar-refractivity contribution < 1.29 is 4.79 Å². The second-order valence-electron chi connectivity index (χ2n) is 7.72. The van der Waals surface area contributed by atoms with Crippen LogP contribution < -0.4 is 11.1 Å². The predicted octanol–water partition coefficient (Wildman–Crippen LogP) is 3.68. The Balaban J connectivity index is 1.91. The zero-order valence-electron chi connectivity index (χ0n) is 14.4. The molecular formula is C19H30N2O. The molecule has 3 nitrogen and oxygen atoms in total. The van der Waals surface area contributed by atoms with Gasteiger partial charge < -0.3 is 11.1 Å². The largest absolute Gasteiger partial charge is 0.350 e. The number of hydrogen-bond donors (Lipinski definition) is 2. The van der Waals surface area contributed by atoms with E-state index in [0.29, 0.717) is 12.3 Å². The number of nitrogens with one attached hydrogen (secondary N) is 1. The Morgan fingerprint density at radius 3 is 2.41 bits per heavy atom. The van der Waals surface area contributed by atoms with Crippen LogP contribution in [-0.4, -0.2) is 11.9 Å². The SMILES string of the molecule is CC(NC(=O)C[C@@H]1CCC[C@H]1N)c1ccc(C(C)(C)C)cc1. The molecule has 1 amide bonds. The zero-order chi connectivity index (χ0) is 16.3. The van der Waals surface area contributed by atoms with Gasteiger partial charge >= 0.3 is 0 Å². The molecule has 1 fully saturated rings. The van der Waals surface area contributed by atoms with Gasteiger partial charge in [-0.05, 0) is 42.2 Å². The molecule has 2 rings (SSSR count). The van der Waals surface area contributed by atoms with Gasteiger partial charge in [-0.3, -0.25) is 4.79 Å². The van der Waals surface area contributed by atoms with E-state index < -0.39 is 0 Å². The average molecular weight is 302 g/mol. The fourth-order valence-electron chi connectivity index (χ4n) is 3.21. The van der Waals surface area contributed by atoms with Gasteiger partial charge in [-0.1, -0.05) is 51.5 Å². The van der Waals surface area contributed by atoms with Crippen molar-refractivity contribution >= 4 is 5.91 Å². The van der Waals surface area contributed by atoms with Crippen LogP contribution in [0.5, 0.6) is 0 Å². The first-order chi connectivity index (χ1) is 10.3. The lowest BCUT2D eigenvalue weighted by molar-refractivity contribution is -0.122. The molecule has 3 atom stereocenters. The molecule has 3 N–H and O–H groups in total. The van der Waals surface area contributed by atoms with E-state index in [-0.39, 0.29) is 23.4 Å². The maximum Gasteiger partial charge on any atom is 0.220 e. The minimum Gasteiger partial charge on any atom is -0.350 e. The minimum absolute atomic E-state index is 0.0409. The van der Waals surface area contributed by atoms with Gasteiger partial charge in [0.15, 0.2) is 0 Å². The Morgan fingerprint density at radius 2 is 1.91 bits per heavy atom. The van der Waals surface area contributed by atoms with E-state index >= 15 is 0 Å². The Kier molecular flexibility index (Phi) is 5.28. The summed E-state index contributed by atoms with van der Waals surface area (Å²) in [4.78, 5) is 12.2. The molecule has 1 unspecified atom stereocenters. The van der Waals surface area contributed by atoms with Crippen LogP contribution in [0.3, 0.4) is 0 Å². The molecule has 0 aromatic heterocycles. The molecule has 1 aromatic rings. The number of rotatable bonds is 4. The predicted molar refractivity (Wildman–Crippen MR) is 91.6 cm³/mol. The number of carbonyl (C=O) groups is 1. The van der Waals surface area contributed by atoms with Crippen LogP contribution in [0.1, 0.15) is 70.5 Å². The van der Waals surface area contributed by atoms with Crippen molar-refractivity contribution in [2.75, 3.05) is 0 Å². The molecule has 0 radical (unpaired) electrons. The maximum atomic E-state index is 12.2. The third kappa shape index (κ3) is 4.33. The Hall–Kier alpha value is -1.35. The van der Waals surface area contributed by atoms with Gasteiger partial charge in [0.1, 0.15) is 0 Å². The van der Waals surface area contributed by atoms with Crippen LogP contribution in [0.15, 0.2) is 24.3 Å². The van der Waals surface area contributed by atoms with Crippen LogP contribution in [0.4, 0.5) is 0 Å². The summed E-state index contributed by atoms with van der Waals surface area (Å²) in [6, 6.07) is 8.79. The highest BCUT2D eigenvalue weighted by atomic mass is 16.1. The fourth-order valence-corrected chi connectivity index (χ4v) is 3.21. The summed E-state index contributed by atoms with van der Waals surface area (Å²) in [6.07, 6.45) is 3.86. The average Bonchev–Trinajstić information content (AvgIpc) is 2.83. The number of amides is 1. The van der Waals surface area contributed by atoms with Gasteiger partial charge in [-0.2, -0.15) is 0 Å². The number of nitrogens with two attached hydrogens (primary N) is 1.